The summed E-state index contributed by atoms with van der Waals surface area (Å²) in [6, 6.07) is 1.81. The predicted octanol–water partition coefficient (Wildman–Crippen LogP) is 0.979. The van der Waals surface area contributed by atoms with Gasteiger partial charge in [-0.1, -0.05) is 0 Å². The van der Waals surface area contributed by atoms with E-state index in [0.717, 1.165) is 5.56 Å². The van der Waals surface area contributed by atoms with Crippen LogP contribution in [-0.4, -0.2) is 26.0 Å². The molecule has 1 heterocycles. The standard InChI is InChI=1S/C8H13NO3S/c1-7-4-5-12-8(7)6-9(2)13(3,10)11/h4-5H,6H2,1-3H3. The number of rotatable bonds is 3. The highest BCUT2D eigenvalue weighted by Crippen LogP contribution is 2.12. The van der Waals surface area contributed by atoms with Gasteiger partial charge in [-0.25, -0.2) is 8.42 Å². The first-order valence-corrected chi connectivity index (χ1v) is 5.70. The lowest BCUT2D eigenvalue weighted by Gasteiger charge is -2.12. The van der Waals surface area contributed by atoms with Crippen molar-refractivity contribution in [2.75, 3.05) is 13.3 Å². The molecule has 0 aliphatic carbocycles. The van der Waals surface area contributed by atoms with Crippen LogP contribution in [0, 0.1) is 6.92 Å². The first-order valence-electron chi connectivity index (χ1n) is 3.85. The average Bonchev–Trinajstić information content (AvgIpc) is 2.34. The number of sulfonamides is 1. The average molecular weight is 203 g/mol. The van der Waals surface area contributed by atoms with E-state index >= 15 is 0 Å². The maximum atomic E-state index is 11.1. The van der Waals surface area contributed by atoms with Crippen molar-refractivity contribution < 1.29 is 12.8 Å². The van der Waals surface area contributed by atoms with Crippen molar-refractivity contribution in [1.29, 1.82) is 0 Å². The zero-order valence-electron chi connectivity index (χ0n) is 7.94. The highest BCUT2D eigenvalue weighted by molar-refractivity contribution is 7.88. The third kappa shape index (κ3) is 2.57. The van der Waals surface area contributed by atoms with Gasteiger partial charge in [-0.15, -0.1) is 0 Å². The largest absolute Gasteiger partial charge is 0.468 e. The molecule has 0 atom stereocenters. The van der Waals surface area contributed by atoms with E-state index < -0.39 is 10.0 Å². The second kappa shape index (κ2) is 3.51. The third-order valence-electron chi connectivity index (χ3n) is 1.90. The molecular weight excluding hydrogens is 190 g/mol. The molecule has 0 amide bonds. The Bertz CT molecular complexity index is 380. The molecule has 0 unspecified atom stereocenters. The summed E-state index contributed by atoms with van der Waals surface area (Å²) in [5.74, 6) is 0.688. The molecule has 0 aromatic carbocycles. The summed E-state index contributed by atoms with van der Waals surface area (Å²) in [7, 11) is -1.60. The number of hydrogen-bond acceptors (Lipinski definition) is 3. The van der Waals surface area contributed by atoms with Gasteiger partial charge in [0.2, 0.25) is 10.0 Å². The minimum atomic E-state index is -3.12. The van der Waals surface area contributed by atoms with Gasteiger partial charge in [0.05, 0.1) is 19.1 Å². The summed E-state index contributed by atoms with van der Waals surface area (Å²) in [5, 5.41) is 0. The Hall–Kier alpha value is -0.810. The van der Waals surface area contributed by atoms with Gasteiger partial charge in [-0.05, 0) is 18.6 Å². The first kappa shape index (κ1) is 10.3. The first-order chi connectivity index (χ1) is 5.91. The molecule has 0 saturated carbocycles. The molecule has 1 aromatic heterocycles. The molecule has 74 valence electrons. The quantitative estimate of drug-likeness (QED) is 0.735. The van der Waals surface area contributed by atoms with Crippen molar-refractivity contribution >= 4 is 10.0 Å². The van der Waals surface area contributed by atoms with Crippen molar-refractivity contribution in [2.24, 2.45) is 0 Å². The summed E-state index contributed by atoms with van der Waals surface area (Å²) in [6.45, 7) is 2.17. The fraction of sp³-hybridized carbons (Fsp3) is 0.500. The maximum Gasteiger partial charge on any atom is 0.211 e. The summed E-state index contributed by atoms with van der Waals surface area (Å²) in [6.07, 6.45) is 2.73. The van der Waals surface area contributed by atoms with Gasteiger partial charge in [0.25, 0.3) is 0 Å². The second-order valence-electron chi connectivity index (χ2n) is 3.05. The molecule has 5 heteroatoms. The van der Waals surface area contributed by atoms with Crippen molar-refractivity contribution in [3.05, 3.63) is 23.7 Å². The Morgan fingerprint density at radius 1 is 1.54 bits per heavy atom. The van der Waals surface area contributed by atoms with E-state index in [-0.39, 0.29) is 6.54 Å². The zero-order chi connectivity index (χ0) is 10.1. The molecule has 0 N–H and O–H groups in total. The topological polar surface area (TPSA) is 50.5 Å². The molecule has 0 aliphatic heterocycles. The Morgan fingerprint density at radius 2 is 2.15 bits per heavy atom. The lowest BCUT2D eigenvalue weighted by Crippen LogP contribution is -2.24. The Morgan fingerprint density at radius 3 is 2.54 bits per heavy atom. The molecule has 0 radical (unpaired) electrons. The molecule has 0 saturated heterocycles. The molecule has 0 spiro atoms. The van der Waals surface area contributed by atoms with Crippen LogP contribution in [0.5, 0.6) is 0 Å². The molecule has 1 aromatic rings. The van der Waals surface area contributed by atoms with Gasteiger partial charge < -0.3 is 4.42 Å². The fourth-order valence-corrected chi connectivity index (χ4v) is 1.24. The van der Waals surface area contributed by atoms with Crippen molar-refractivity contribution in [3.8, 4) is 0 Å². The van der Waals surface area contributed by atoms with Crippen LogP contribution in [0.1, 0.15) is 11.3 Å². The number of furan rings is 1. The van der Waals surface area contributed by atoms with Crippen molar-refractivity contribution in [3.63, 3.8) is 0 Å². The molecule has 0 bridgehead atoms. The second-order valence-corrected chi connectivity index (χ2v) is 5.14. The van der Waals surface area contributed by atoms with Crippen LogP contribution in [-0.2, 0) is 16.6 Å². The predicted molar refractivity (Wildman–Crippen MR) is 49.8 cm³/mol. The van der Waals surface area contributed by atoms with E-state index in [9.17, 15) is 8.42 Å². The van der Waals surface area contributed by atoms with Crippen LogP contribution >= 0.6 is 0 Å². The van der Waals surface area contributed by atoms with Crippen LogP contribution < -0.4 is 0 Å². The van der Waals surface area contributed by atoms with Gasteiger partial charge in [-0.2, -0.15) is 4.31 Å². The van der Waals surface area contributed by atoms with E-state index in [0.29, 0.717) is 5.76 Å². The van der Waals surface area contributed by atoms with Crippen LogP contribution in [0.3, 0.4) is 0 Å². The highest BCUT2D eigenvalue weighted by Gasteiger charge is 2.13. The fourth-order valence-electron chi connectivity index (χ4n) is 0.886. The summed E-state index contributed by atoms with van der Waals surface area (Å²) in [4.78, 5) is 0. The molecule has 1 rings (SSSR count). The summed E-state index contributed by atoms with van der Waals surface area (Å²) >= 11 is 0. The van der Waals surface area contributed by atoms with Crippen LogP contribution in [0.2, 0.25) is 0 Å². The minimum Gasteiger partial charge on any atom is -0.468 e. The van der Waals surface area contributed by atoms with Gasteiger partial charge in [0.1, 0.15) is 5.76 Å². The zero-order valence-corrected chi connectivity index (χ0v) is 8.76. The molecule has 4 nitrogen and oxygen atoms in total. The Kier molecular flexibility index (Phi) is 2.77. The number of aryl methyl sites for hydroxylation is 1. The highest BCUT2D eigenvalue weighted by atomic mass is 32.2. The molecule has 0 fully saturated rings. The van der Waals surface area contributed by atoms with Gasteiger partial charge >= 0.3 is 0 Å². The van der Waals surface area contributed by atoms with E-state index in [1.54, 1.807) is 6.26 Å². The lowest BCUT2D eigenvalue weighted by atomic mass is 10.3. The van der Waals surface area contributed by atoms with Crippen LogP contribution in [0.15, 0.2) is 16.7 Å². The van der Waals surface area contributed by atoms with Crippen molar-refractivity contribution in [2.45, 2.75) is 13.5 Å². The SMILES string of the molecule is Cc1ccoc1CN(C)S(C)(=O)=O. The molecule has 0 aliphatic rings. The Labute approximate surface area is 78.2 Å². The monoisotopic (exact) mass is 203 g/mol. The minimum absolute atomic E-state index is 0.289. The van der Waals surface area contributed by atoms with E-state index in [1.807, 2.05) is 13.0 Å². The molecular formula is C8H13NO3S. The Balaban J connectivity index is 2.77. The van der Waals surface area contributed by atoms with Crippen LogP contribution in [0.4, 0.5) is 0 Å². The lowest BCUT2D eigenvalue weighted by molar-refractivity contribution is 0.407. The van der Waals surface area contributed by atoms with E-state index in [4.69, 9.17) is 4.42 Å². The van der Waals surface area contributed by atoms with Gasteiger partial charge in [-0.3, -0.25) is 0 Å². The summed E-state index contributed by atoms with van der Waals surface area (Å²) in [5.41, 5.74) is 0.968. The van der Waals surface area contributed by atoms with Crippen LogP contribution in [0.25, 0.3) is 0 Å². The number of nitrogens with zero attached hydrogens (tertiary/aromatic N) is 1. The van der Waals surface area contributed by atoms with E-state index in [1.165, 1.54) is 17.6 Å². The number of hydrogen-bond donors (Lipinski definition) is 0. The van der Waals surface area contributed by atoms with E-state index in [2.05, 4.69) is 0 Å². The van der Waals surface area contributed by atoms with Crippen molar-refractivity contribution in [1.82, 2.24) is 4.31 Å². The third-order valence-corrected chi connectivity index (χ3v) is 3.16. The summed E-state index contributed by atoms with van der Waals surface area (Å²) < 4.78 is 28.5. The van der Waals surface area contributed by atoms with Gasteiger partial charge in [0.15, 0.2) is 0 Å². The molecule has 13 heavy (non-hydrogen) atoms. The normalized spacial score (nSPS) is 12.3. The maximum absolute atomic E-state index is 11.1. The van der Waals surface area contributed by atoms with Gasteiger partial charge in [0, 0.05) is 7.05 Å². The smallest absolute Gasteiger partial charge is 0.211 e.